The molecule has 10 rings (SSSR count). The number of hydrogen-bond donors (Lipinski definition) is 14. The van der Waals surface area contributed by atoms with Crippen molar-refractivity contribution in [3.05, 3.63) is 232 Å². The number of aliphatic hydroxyl groups excluding tert-OH is 8. The average molecular weight is 1820 g/mol. The molecule has 30 heteroatoms. The highest BCUT2D eigenvalue weighted by molar-refractivity contribution is 6.37. The van der Waals surface area contributed by atoms with E-state index in [1.165, 1.54) is 32.6 Å². The van der Waals surface area contributed by atoms with Gasteiger partial charge in [0.05, 0.1) is 60.7 Å². The minimum atomic E-state index is -1.20. The van der Waals surface area contributed by atoms with Crippen LogP contribution in [0.2, 0.25) is 40.2 Å². The zero-order valence-corrected chi connectivity index (χ0v) is 73.4. The number of benzene rings is 8. The van der Waals surface area contributed by atoms with Crippen molar-refractivity contribution >= 4 is 134 Å². The van der Waals surface area contributed by atoms with Crippen molar-refractivity contribution in [3.8, 4) is 44.5 Å². The summed E-state index contributed by atoms with van der Waals surface area (Å²) in [6.45, 7) is 14.1. The van der Waals surface area contributed by atoms with Crippen LogP contribution in [-0.4, -0.2) is 191 Å². The summed E-state index contributed by atoms with van der Waals surface area (Å²) in [4.78, 5) is 63.2. The fourth-order valence-corrected chi connectivity index (χ4v) is 15.4. The molecule has 21 nitrogen and oxygen atoms in total. The molecule has 2 aliphatic heterocycles. The Balaban J connectivity index is 0.000000247. The van der Waals surface area contributed by atoms with Crippen LogP contribution in [0.15, 0.2) is 170 Å². The Labute approximate surface area is 742 Å². The number of carbonyl (C=O) groups excluding carboxylic acids is 5. The van der Waals surface area contributed by atoms with Crippen LogP contribution in [0.25, 0.3) is 44.5 Å². The van der Waals surface area contributed by atoms with Crippen molar-refractivity contribution in [2.24, 2.45) is 5.73 Å². The normalized spacial score (nSPS) is 17.1. The number of carbonyl (C=O) groups is 5. The summed E-state index contributed by atoms with van der Waals surface area (Å²) in [5.74, 6) is -1.52. The minimum absolute atomic E-state index is 0. The fraction of sp³-hybridized carbons (Fsp3) is 0.404. The van der Waals surface area contributed by atoms with Gasteiger partial charge in [-0.05, 0) is 253 Å². The maximum absolute atomic E-state index is 13.2. The van der Waals surface area contributed by atoms with E-state index < -0.39 is 103 Å². The number of ether oxygens (including phenoxy) is 1. The van der Waals surface area contributed by atoms with E-state index in [0.717, 1.165) is 86.1 Å². The van der Waals surface area contributed by atoms with E-state index in [9.17, 15) is 64.8 Å². The van der Waals surface area contributed by atoms with Crippen LogP contribution in [0.4, 0.5) is 4.79 Å². The molecule has 0 aromatic heterocycles. The van der Waals surface area contributed by atoms with Gasteiger partial charge in [-0.25, -0.2) is 4.79 Å². The number of aliphatic hydroxyl groups is 8. The second kappa shape index (κ2) is 48.2. The summed E-state index contributed by atoms with van der Waals surface area (Å²) >= 11 is 54.1. The molecule has 2 saturated heterocycles. The molecular weight excluding hydrogens is 1710 g/mol. The van der Waals surface area contributed by atoms with E-state index in [1.807, 2.05) is 146 Å². The molecule has 2 fully saturated rings. The van der Waals surface area contributed by atoms with Crippen LogP contribution >= 0.6 is 104 Å². The summed E-state index contributed by atoms with van der Waals surface area (Å²) in [7, 11) is 0. The molecule has 0 aliphatic carbocycles. The molecule has 119 heavy (non-hydrogen) atoms. The van der Waals surface area contributed by atoms with Gasteiger partial charge < -0.3 is 77.9 Å². The number of nitrogens with one attached hydrogen (secondary N) is 5. The van der Waals surface area contributed by atoms with Gasteiger partial charge in [-0.15, -0.1) is 11.6 Å². The third-order valence-electron chi connectivity index (χ3n) is 19.5. The molecule has 646 valence electrons. The molecule has 2 heterocycles. The SMILES string of the molecule is C.CC(O)C(O)C(Cc1ccc(-c2cc(Cl)cc(Cl)c2)cc1)NC(=O)CCl.CC(O)C(O)C(Cc1ccc(-c2cc(Cl)cc(Cl)c2)cc1)NC(=O)[C@@H]1CCCN1.CC(O)C(O)C(Cc1ccc(-c2cc(Cl)cc(Cl)c2)cc1)NC(=O)[C@@H]1CCCN1C(=O)OC(C)(C)C.CC(O)C(O)C(Cc1ccc(-c2cc(Cl)cc(Cl)c2)cc1)NC(=O)[C@H](C)N. The van der Waals surface area contributed by atoms with Crippen molar-refractivity contribution in [2.45, 2.75) is 211 Å². The molecule has 5 amide bonds. The lowest BCUT2D eigenvalue weighted by molar-refractivity contribution is -0.128. The Morgan fingerprint density at radius 1 is 0.429 bits per heavy atom. The molecule has 8 aromatic rings. The average Bonchev–Trinajstić information content (AvgIpc) is 1.27. The van der Waals surface area contributed by atoms with E-state index in [2.05, 4.69) is 26.6 Å². The monoisotopic (exact) mass is 1810 g/mol. The first kappa shape index (κ1) is 101. The molecule has 8 aromatic carbocycles. The van der Waals surface area contributed by atoms with E-state index in [0.29, 0.717) is 78.8 Å². The lowest BCUT2D eigenvalue weighted by Gasteiger charge is -2.31. The molecule has 0 radical (unpaired) electrons. The number of nitrogens with zero attached hydrogens (tertiary/aromatic N) is 1. The number of nitrogens with two attached hydrogens (primary N) is 1. The Hall–Kier alpha value is -6.88. The summed E-state index contributed by atoms with van der Waals surface area (Å²) in [6, 6.07) is 47.6. The first-order valence-corrected chi connectivity index (χ1v) is 42.1. The van der Waals surface area contributed by atoms with Gasteiger partial charge in [-0.3, -0.25) is 24.1 Å². The Kier molecular flexibility index (Phi) is 40.9. The predicted molar refractivity (Wildman–Crippen MR) is 479 cm³/mol. The van der Waals surface area contributed by atoms with Gasteiger partial charge >= 0.3 is 6.09 Å². The highest BCUT2D eigenvalue weighted by Crippen LogP contribution is 2.33. The molecule has 0 bridgehead atoms. The maximum atomic E-state index is 13.2. The Bertz CT molecular complexity index is 4500. The molecular formula is C89H108Cl9N7O14. The smallest absolute Gasteiger partial charge is 0.410 e. The molecule has 12 unspecified atom stereocenters. The van der Waals surface area contributed by atoms with Gasteiger partial charge in [-0.2, -0.15) is 0 Å². The van der Waals surface area contributed by atoms with Crippen LogP contribution in [0.1, 0.15) is 111 Å². The lowest BCUT2D eigenvalue weighted by Crippen LogP contribution is -2.54. The van der Waals surface area contributed by atoms with Crippen LogP contribution in [0.5, 0.6) is 0 Å². The summed E-state index contributed by atoms with van der Waals surface area (Å²) in [5, 5.41) is 99.4. The first-order valence-electron chi connectivity index (χ1n) is 38.6. The first-order chi connectivity index (χ1) is 55.6. The predicted octanol–water partition coefficient (Wildman–Crippen LogP) is 15.1. The molecule has 2 aliphatic rings. The highest BCUT2D eigenvalue weighted by Gasteiger charge is 2.39. The van der Waals surface area contributed by atoms with E-state index in [1.54, 1.807) is 52.0 Å². The van der Waals surface area contributed by atoms with Crippen molar-refractivity contribution < 1.29 is 69.6 Å². The second-order valence-electron chi connectivity index (χ2n) is 30.6. The van der Waals surface area contributed by atoms with Gasteiger partial charge in [0.25, 0.3) is 0 Å². The fourth-order valence-electron chi connectivity index (χ4n) is 13.2. The van der Waals surface area contributed by atoms with Crippen LogP contribution in [0.3, 0.4) is 0 Å². The van der Waals surface area contributed by atoms with Gasteiger partial charge in [0.2, 0.25) is 23.6 Å². The molecule has 15 N–H and O–H groups in total. The second-order valence-corrected chi connectivity index (χ2v) is 34.3. The summed E-state index contributed by atoms with van der Waals surface area (Å²) in [5.41, 5.74) is 15.8. The third-order valence-corrected chi connectivity index (χ3v) is 21.5. The van der Waals surface area contributed by atoms with E-state index >= 15 is 0 Å². The summed E-state index contributed by atoms with van der Waals surface area (Å²) in [6.07, 6.45) is -4.70. The van der Waals surface area contributed by atoms with Gasteiger partial charge in [0, 0.05) is 46.7 Å². The molecule has 15 atom stereocenters. The van der Waals surface area contributed by atoms with Crippen molar-refractivity contribution in [3.63, 3.8) is 0 Å². The zero-order valence-electron chi connectivity index (χ0n) is 66.6. The van der Waals surface area contributed by atoms with Crippen LogP contribution < -0.4 is 32.3 Å². The highest BCUT2D eigenvalue weighted by atomic mass is 35.5. The van der Waals surface area contributed by atoms with Gasteiger partial charge in [0.15, 0.2) is 0 Å². The number of amides is 5. The van der Waals surface area contributed by atoms with Crippen molar-refractivity contribution in [1.29, 1.82) is 0 Å². The Morgan fingerprint density at radius 3 is 0.975 bits per heavy atom. The van der Waals surface area contributed by atoms with E-state index in [-0.39, 0.29) is 43.5 Å². The molecule has 0 saturated carbocycles. The van der Waals surface area contributed by atoms with Crippen molar-refractivity contribution in [2.75, 3.05) is 19.0 Å². The Morgan fingerprint density at radius 2 is 0.714 bits per heavy atom. The quantitative estimate of drug-likeness (QED) is 0.0203. The van der Waals surface area contributed by atoms with Crippen LogP contribution in [0, 0.1) is 0 Å². The lowest BCUT2D eigenvalue weighted by atomic mass is 9.96. The number of rotatable bonds is 28. The third kappa shape index (κ3) is 32.7. The molecule has 0 spiro atoms. The van der Waals surface area contributed by atoms with E-state index in [4.69, 9.17) is 115 Å². The minimum Gasteiger partial charge on any atom is -0.444 e. The van der Waals surface area contributed by atoms with Crippen LogP contribution in [-0.2, 0) is 49.6 Å². The zero-order chi connectivity index (χ0) is 87.0. The number of halogens is 9. The number of hydrogen-bond acceptors (Lipinski definition) is 16. The largest absolute Gasteiger partial charge is 0.444 e. The number of likely N-dealkylation sites (tertiary alicyclic amines) is 1. The summed E-state index contributed by atoms with van der Waals surface area (Å²) < 4.78 is 5.45. The topological polar surface area (TPSA) is 346 Å². The van der Waals surface area contributed by atoms with Crippen molar-refractivity contribution in [1.82, 2.24) is 31.5 Å². The van der Waals surface area contributed by atoms with Gasteiger partial charge in [-0.1, -0.05) is 197 Å². The maximum Gasteiger partial charge on any atom is 0.410 e. The van der Waals surface area contributed by atoms with Gasteiger partial charge in [0.1, 0.15) is 41.9 Å². The standard InChI is InChI=1S/C27H34Cl2N2O5.C22H26Cl2N2O3.C20H24Cl2N2O3.C19H20Cl3NO3.CH4/c1-16(32)24(33)22(30-25(34)23-6-5-11-31(23)26(35)36-27(2,3)4)12-17-7-9-18(10-8-17)19-13-20(28)15-21(29)14-19;1-13(27)21(28)20(26-22(29)19-3-2-8-25-19)9-14-4-6-15(7-5-14)16-10-17(23)12-18(24)11-16;1-11(23)20(27)24-18(19(26)12(2)25)7-13-3-5-14(6-4-13)15-8-16(21)10-17(22)9-15;1-11(24)19(26)17(23-18(25)10-20)6-12-2-4-13(5-3-12)14-7-15(21)9-16(22)8-14;/h7-10,13-16,22-24,32-33H,5-6,11-12H2,1-4H3,(H,30,34);4-7,10-13,19-21,25,27-28H,2-3,8-9H2,1H3,(H,26,29);3-6,8-12,18-19,25-26H,7,23H2,1-2H3,(H,24,27);2-5,7-9,11,17,19,24,26H,6,10H2,1H3,(H,23,25);1H4/t16?,22?,23-,24?;13?,19-,20?,21?;11-,12?,18?,19?;;/m000../s1. The number of alkyl halides is 1.